The Morgan fingerprint density at radius 3 is 3.00 bits per heavy atom. The van der Waals surface area contributed by atoms with Gasteiger partial charge in [0.1, 0.15) is 0 Å². The third-order valence-electron chi connectivity index (χ3n) is 3.75. The third-order valence-corrected chi connectivity index (χ3v) is 3.75. The van der Waals surface area contributed by atoms with Crippen molar-refractivity contribution >= 4 is 5.91 Å². The lowest BCUT2D eigenvalue weighted by atomic mass is 10.0. The lowest BCUT2D eigenvalue weighted by Gasteiger charge is -2.15. The summed E-state index contributed by atoms with van der Waals surface area (Å²) < 4.78 is 5.11. The molecule has 1 aromatic heterocycles. The molecule has 0 atom stereocenters. The highest BCUT2D eigenvalue weighted by molar-refractivity contribution is 5.94. The van der Waals surface area contributed by atoms with E-state index in [-0.39, 0.29) is 11.3 Å². The number of amides is 1. The average molecular weight is 287 g/mol. The van der Waals surface area contributed by atoms with Crippen molar-refractivity contribution in [2.45, 2.75) is 19.3 Å². The minimum absolute atomic E-state index is 0.109. The molecule has 0 unspecified atom stereocenters. The summed E-state index contributed by atoms with van der Waals surface area (Å²) in [4.78, 5) is 16.2. The van der Waals surface area contributed by atoms with Gasteiger partial charge in [-0.3, -0.25) is 9.78 Å². The van der Waals surface area contributed by atoms with Crippen LogP contribution in [0.4, 0.5) is 0 Å². The van der Waals surface area contributed by atoms with Crippen molar-refractivity contribution in [3.63, 3.8) is 0 Å². The molecule has 1 aliphatic carbocycles. The smallest absolute Gasteiger partial charge is 0.252 e. The molecule has 1 amide bonds. The molecule has 3 N–H and O–H groups in total. The molecule has 1 saturated carbocycles. The van der Waals surface area contributed by atoms with Crippen molar-refractivity contribution in [3.05, 3.63) is 29.6 Å². The van der Waals surface area contributed by atoms with E-state index in [1.165, 1.54) is 0 Å². The molecule has 1 aromatic rings. The zero-order chi connectivity index (χ0) is 15.1. The number of rotatable bonds is 6. The number of carbonyl (C=O) groups excluding carboxylic acids is 1. The molecule has 1 fully saturated rings. The summed E-state index contributed by atoms with van der Waals surface area (Å²) in [6.45, 7) is 1.72. The van der Waals surface area contributed by atoms with Gasteiger partial charge in [0.15, 0.2) is 0 Å². The molecular weight excluding hydrogens is 266 g/mol. The minimum Gasteiger partial charge on any atom is -0.385 e. The molecular formula is C16H21N3O2. The first-order valence-corrected chi connectivity index (χ1v) is 7.10. The molecule has 5 nitrogen and oxygen atoms in total. The van der Waals surface area contributed by atoms with Crippen molar-refractivity contribution in [1.82, 2.24) is 10.3 Å². The number of ether oxygens (including phenoxy) is 1. The molecule has 0 radical (unpaired) electrons. The molecule has 0 spiro atoms. The van der Waals surface area contributed by atoms with Crippen LogP contribution in [-0.4, -0.2) is 37.7 Å². The molecule has 21 heavy (non-hydrogen) atoms. The first kappa shape index (κ1) is 15.5. The van der Waals surface area contributed by atoms with E-state index in [0.29, 0.717) is 24.2 Å². The first-order valence-electron chi connectivity index (χ1n) is 7.10. The maximum Gasteiger partial charge on any atom is 0.252 e. The van der Waals surface area contributed by atoms with Crippen LogP contribution in [0.5, 0.6) is 0 Å². The van der Waals surface area contributed by atoms with E-state index in [4.69, 9.17) is 10.5 Å². The molecule has 1 aliphatic rings. The highest BCUT2D eigenvalue weighted by Crippen LogP contribution is 2.48. The van der Waals surface area contributed by atoms with Crippen LogP contribution in [0.25, 0.3) is 0 Å². The van der Waals surface area contributed by atoms with Gasteiger partial charge in [0, 0.05) is 38.2 Å². The van der Waals surface area contributed by atoms with Crippen LogP contribution < -0.4 is 11.1 Å². The van der Waals surface area contributed by atoms with Crippen molar-refractivity contribution in [1.29, 1.82) is 0 Å². The Hall–Kier alpha value is -1.90. The summed E-state index contributed by atoms with van der Waals surface area (Å²) >= 11 is 0. The third kappa shape index (κ3) is 4.55. The van der Waals surface area contributed by atoms with Crippen molar-refractivity contribution in [3.8, 4) is 11.8 Å². The number of hydrogen-bond donors (Lipinski definition) is 2. The number of pyridine rings is 1. The van der Waals surface area contributed by atoms with Crippen LogP contribution in [0.2, 0.25) is 0 Å². The van der Waals surface area contributed by atoms with E-state index in [1.807, 2.05) is 0 Å². The van der Waals surface area contributed by atoms with E-state index in [9.17, 15) is 4.79 Å². The SMILES string of the molecule is COCCC1(CNC(=O)c2cncc(C#CCN)c2)CC1. The lowest BCUT2D eigenvalue weighted by Crippen LogP contribution is -2.30. The second-order valence-corrected chi connectivity index (χ2v) is 5.39. The van der Waals surface area contributed by atoms with Crippen LogP contribution in [-0.2, 0) is 4.74 Å². The van der Waals surface area contributed by atoms with Crippen LogP contribution in [0.15, 0.2) is 18.5 Å². The average Bonchev–Trinajstić information content (AvgIpc) is 3.29. The van der Waals surface area contributed by atoms with E-state index >= 15 is 0 Å². The molecule has 1 heterocycles. The minimum atomic E-state index is -0.109. The Bertz CT molecular complexity index is 556. The number of nitrogens with zero attached hydrogens (tertiary/aromatic N) is 1. The topological polar surface area (TPSA) is 77.2 Å². The highest BCUT2D eigenvalue weighted by Gasteiger charge is 2.42. The zero-order valence-corrected chi connectivity index (χ0v) is 12.3. The molecule has 0 saturated heterocycles. The Labute approximate surface area is 125 Å². The van der Waals surface area contributed by atoms with E-state index < -0.39 is 0 Å². The van der Waals surface area contributed by atoms with Crippen LogP contribution in [0.3, 0.4) is 0 Å². The zero-order valence-electron chi connectivity index (χ0n) is 12.3. The molecule has 0 aromatic carbocycles. The monoisotopic (exact) mass is 287 g/mol. The standard InChI is InChI=1S/C16H21N3O2/c1-21-8-6-16(4-5-16)12-19-15(20)14-9-13(3-2-7-17)10-18-11-14/h9-11H,4-8,12,17H2,1H3,(H,19,20). The van der Waals surface area contributed by atoms with Crippen LogP contribution in [0.1, 0.15) is 35.2 Å². The predicted octanol–water partition coefficient (Wildman–Crippen LogP) is 0.938. The van der Waals surface area contributed by atoms with Crippen molar-refractivity contribution in [2.24, 2.45) is 11.1 Å². The van der Waals surface area contributed by atoms with E-state index in [0.717, 1.165) is 25.9 Å². The summed E-state index contributed by atoms with van der Waals surface area (Å²) in [5.41, 5.74) is 6.80. The van der Waals surface area contributed by atoms with Gasteiger partial charge in [0.05, 0.1) is 12.1 Å². The summed E-state index contributed by atoms with van der Waals surface area (Å²) in [6, 6.07) is 1.74. The van der Waals surface area contributed by atoms with Gasteiger partial charge in [-0.05, 0) is 30.7 Å². The number of carbonyl (C=O) groups is 1. The summed E-state index contributed by atoms with van der Waals surface area (Å²) in [6.07, 6.45) is 6.47. The van der Waals surface area contributed by atoms with Crippen LogP contribution >= 0.6 is 0 Å². The fraction of sp³-hybridized carbons (Fsp3) is 0.500. The second kappa shape index (κ2) is 7.21. The normalized spacial score (nSPS) is 15.0. The van der Waals surface area contributed by atoms with Gasteiger partial charge in [-0.2, -0.15) is 0 Å². The van der Waals surface area contributed by atoms with Gasteiger partial charge in [-0.1, -0.05) is 11.8 Å². The number of nitrogens with one attached hydrogen (secondary N) is 1. The molecule has 5 heteroatoms. The number of methoxy groups -OCH3 is 1. The fourth-order valence-corrected chi connectivity index (χ4v) is 2.17. The van der Waals surface area contributed by atoms with Crippen LogP contribution in [0, 0.1) is 17.3 Å². The second-order valence-electron chi connectivity index (χ2n) is 5.39. The predicted molar refractivity (Wildman–Crippen MR) is 80.7 cm³/mol. The number of hydrogen-bond acceptors (Lipinski definition) is 4. The van der Waals surface area contributed by atoms with E-state index in [1.54, 1.807) is 25.6 Å². The Kier molecular flexibility index (Phi) is 5.32. The fourth-order valence-electron chi connectivity index (χ4n) is 2.17. The maximum atomic E-state index is 12.2. The lowest BCUT2D eigenvalue weighted by molar-refractivity contribution is 0.0937. The summed E-state index contributed by atoms with van der Waals surface area (Å²) in [7, 11) is 1.70. The molecule has 112 valence electrons. The van der Waals surface area contributed by atoms with Gasteiger partial charge in [0.2, 0.25) is 0 Å². The van der Waals surface area contributed by atoms with Gasteiger partial charge in [-0.25, -0.2) is 0 Å². The Morgan fingerprint density at radius 2 is 2.33 bits per heavy atom. The quantitative estimate of drug-likeness (QED) is 0.763. The Balaban J connectivity index is 1.91. The highest BCUT2D eigenvalue weighted by atomic mass is 16.5. The molecule has 0 aliphatic heterocycles. The number of nitrogens with two attached hydrogens (primary N) is 1. The summed E-state index contributed by atoms with van der Waals surface area (Å²) in [5, 5.41) is 2.99. The largest absolute Gasteiger partial charge is 0.385 e. The Morgan fingerprint density at radius 1 is 1.52 bits per heavy atom. The van der Waals surface area contributed by atoms with Crippen molar-refractivity contribution < 1.29 is 9.53 Å². The number of aromatic nitrogens is 1. The maximum absolute atomic E-state index is 12.2. The van der Waals surface area contributed by atoms with Crippen molar-refractivity contribution in [2.75, 3.05) is 26.8 Å². The first-order chi connectivity index (χ1) is 10.2. The molecule has 2 rings (SSSR count). The van der Waals surface area contributed by atoms with Gasteiger partial charge >= 0.3 is 0 Å². The van der Waals surface area contributed by atoms with Gasteiger partial charge in [-0.15, -0.1) is 0 Å². The van der Waals surface area contributed by atoms with E-state index in [2.05, 4.69) is 22.1 Å². The van der Waals surface area contributed by atoms with Gasteiger partial charge < -0.3 is 15.8 Å². The molecule has 0 bridgehead atoms. The summed E-state index contributed by atoms with van der Waals surface area (Å²) in [5.74, 6) is 5.52. The van der Waals surface area contributed by atoms with Gasteiger partial charge in [0.25, 0.3) is 5.91 Å².